The summed E-state index contributed by atoms with van der Waals surface area (Å²) >= 11 is 0. The average Bonchev–Trinajstić information content (AvgIpc) is 2.55. The Kier molecular flexibility index (Phi) is 3.70. The van der Waals surface area contributed by atoms with E-state index in [0.29, 0.717) is 11.7 Å². The van der Waals surface area contributed by atoms with Gasteiger partial charge in [0.2, 0.25) is 0 Å². The van der Waals surface area contributed by atoms with Crippen LogP contribution in [0.25, 0.3) is 5.57 Å². The van der Waals surface area contributed by atoms with Crippen molar-refractivity contribution in [2.75, 3.05) is 0 Å². The summed E-state index contributed by atoms with van der Waals surface area (Å²) in [5.74, 6) is 0.902. The molecule has 0 aliphatic heterocycles. The zero-order chi connectivity index (χ0) is 16.9. The Morgan fingerprint density at radius 1 is 1.25 bits per heavy atom. The molecule has 3 aliphatic rings. The summed E-state index contributed by atoms with van der Waals surface area (Å²) in [5, 5.41) is 10.2. The lowest BCUT2D eigenvalue weighted by Crippen LogP contribution is -2.42. The molecule has 3 aliphatic carbocycles. The van der Waals surface area contributed by atoms with E-state index in [2.05, 4.69) is 13.0 Å². The molecular formula is C21H26O3. The number of hydrogen-bond donors (Lipinski definition) is 1. The summed E-state index contributed by atoms with van der Waals surface area (Å²) in [4.78, 5) is 11.3. The second-order valence-corrected chi connectivity index (χ2v) is 7.92. The van der Waals surface area contributed by atoms with Gasteiger partial charge in [0.25, 0.3) is 0 Å². The maximum Gasteiger partial charge on any atom is 0.302 e. The molecule has 3 heteroatoms. The third-order valence-corrected chi connectivity index (χ3v) is 6.66. The topological polar surface area (TPSA) is 46.5 Å². The molecule has 0 heterocycles. The van der Waals surface area contributed by atoms with Gasteiger partial charge in [0.05, 0.1) is 0 Å². The van der Waals surface area contributed by atoms with Crippen molar-refractivity contribution in [1.29, 1.82) is 0 Å². The minimum atomic E-state index is -0.151. The van der Waals surface area contributed by atoms with Crippen LogP contribution in [0.2, 0.25) is 0 Å². The maximum absolute atomic E-state index is 11.3. The lowest BCUT2D eigenvalue weighted by Gasteiger charge is -2.51. The quantitative estimate of drug-likeness (QED) is 0.766. The van der Waals surface area contributed by atoms with E-state index in [-0.39, 0.29) is 17.5 Å². The molecule has 128 valence electrons. The number of allylic oxidation sites excluding steroid dienone is 2. The Morgan fingerprint density at radius 3 is 2.88 bits per heavy atom. The van der Waals surface area contributed by atoms with Crippen molar-refractivity contribution in [2.45, 2.75) is 64.9 Å². The first-order chi connectivity index (χ1) is 11.5. The number of fused-ring (bicyclic) bond motifs is 4. The lowest BCUT2D eigenvalue weighted by molar-refractivity contribution is -0.150. The Hall–Kier alpha value is -1.77. The first kappa shape index (κ1) is 15.7. The van der Waals surface area contributed by atoms with Crippen LogP contribution in [0.4, 0.5) is 0 Å². The fourth-order valence-electron chi connectivity index (χ4n) is 5.45. The zero-order valence-corrected chi connectivity index (χ0v) is 14.6. The van der Waals surface area contributed by atoms with Gasteiger partial charge in [0.1, 0.15) is 11.9 Å². The van der Waals surface area contributed by atoms with Crippen LogP contribution < -0.4 is 0 Å². The third kappa shape index (κ3) is 2.37. The summed E-state index contributed by atoms with van der Waals surface area (Å²) in [5.41, 5.74) is 5.73. The molecule has 3 nitrogen and oxygen atoms in total. The van der Waals surface area contributed by atoms with Gasteiger partial charge in [-0.3, -0.25) is 4.79 Å². The molecule has 1 aromatic rings. The van der Waals surface area contributed by atoms with Crippen LogP contribution in [0.1, 0.15) is 63.5 Å². The predicted octanol–water partition coefficient (Wildman–Crippen LogP) is 4.62. The number of phenols is 1. The molecule has 0 amide bonds. The molecule has 0 spiro atoms. The molecule has 0 saturated heterocycles. The van der Waals surface area contributed by atoms with Crippen molar-refractivity contribution in [1.82, 2.24) is 0 Å². The van der Waals surface area contributed by atoms with Gasteiger partial charge >= 0.3 is 5.97 Å². The molecular weight excluding hydrogens is 300 g/mol. The van der Waals surface area contributed by atoms with Crippen LogP contribution in [0.5, 0.6) is 5.75 Å². The molecule has 4 rings (SSSR count). The Labute approximate surface area is 143 Å². The van der Waals surface area contributed by atoms with Crippen molar-refractivity contribution in [2.24, 2.45) is 11.3 Å². The first-order valence-electron chi connectivity index (χ1n) is 9.20. The van der Waals surface area contributed by atoms with Gasteiger partial charge in [-0.15, -0.1) is 0 Å². The number of phenolic OH excluding ortho intramolecular Hbond substituents is 1. The van der Waals surface area contributed by atoms with Crippen molar-refractivity contribution in [3.8, 4) is 5.75 Å². The summed E-state index contributed by atoms with van der Waals surface area (Å²) < 4.78 is 5.51. The fourth-order valence-corrected chi connectivity index (χ4v) is 5.45. The van der Waals surface area contributed by atoms with Gasteiger partial charge in [-0.05, 0) is 73.5 Å². The van der Waals surface area contributed by atoms with Crippen LogP contribution in [0, 0.1) is 11.3 Å². The van der Waals surface area contributed by atoms with E-state index in [9.17, 15) is 9.90 Å². The smallest absolute Gasteiger partial charge is 0.302 e. The van der Waals surface area contributed by atoms with Gasteiger partial charge in [-0.2, -0.15) is 0 Å². The number of benzene rings is 1. The number of hydrogen-bond acceptors (Lipinski definition) is 3. The zero-order valence-electron chi connectivity index (χ0n) is 14.6. The van der Waals surface area contributed by atoms with E-state index in [1.54, 1.807) is 5.57 Å². The van der Waals surface area contributed by atoms with Gasteiger partial charge in [-0.1, -0.05) is 24.6 Å². The van der Waals surface area contributed by atoms with Crippen LogP contribution in [-0.4, -0.2) is 17.2 Å². The molecule has 0 aromatic heterocycles. The monoisotopic (exact) mass is 326 g/mol. The molecule has 3 unspecified atom stereocenters. The highest BCUT2D eigenvalue weighted by atomic mass is 16.5. The van der Waals surface area contributed by atoms with Gasteiger partial charge < -0.3 is 9.84 Å². The van der Waals surface area contributed by atoms with E-state index in [1.807, 2.05) is 12.1 Å². The SMILES string of the molecule is CC(=O)OC1CCC2(C)C3=C(CCC2C1)c1cccc(O)c1CC3. The minimum Gasteiger partial charge on any atom is -0.508 e. The largest absolute Gasteiger partial charge is 0.508 e. The third-order valence-electron chi connectivity index (χ3n) is 6.66. The van der Waals surface area contributed by atoms with E-state index in [1.165, 1.54) is 18.1 Å². The van der Waals surface area contributed by atoms with Gasteiger partial charge in [0, 0.05) is 12.5 Å². The predicted molar refractivity (Wildman–Crippen MR) is 93.6 cm³/mol. The number of carbonyl (C=O) groups excluding carboxylic acids is 1. The molecule has 1 saturated carbocycles. The average molecular weight is 326 g/mol. The Balaban J connectivity index is 1.68. The molecule has 0 radical (unpaired) electrons. The summed E-state index contributed by atoms with van der Waals surface area (Å²) in [6, 6.07) is 5.95. The second-order valence-electron chi connectivity index (χ2n) is 7.92. The van der Waals surface area contributed by atoms with Crippen molar-refractivity contribution in [3.63, 3.8) is 0 Å². The molecule has 3 atom stereocenters. The van der Waals surface area contributed by atoms with Gasteiger partial charge in [-0.25, -0.2) is 0 Å². The van der Waals surface area contributed by atoms with E-state index in [4.69, 9.17) is 4.74 Å². The Bertz CT molecular complexity index is 718. The maximum atomic E-state index is 11.3. The Morgan fingerprint density at radius 2 is 2.08 bits per heavy atom. The lowest BCUT2D eigenvalue weighted by atomic mass is 9.55. The number of rotatable bonds is 1. The number of aromatic hydroxyl groups is 1. The van der Waals surface area contributed by atoms with Crippen LogP contribution >= 0.6 is 0 Å². The first-order valence-corrected chi connectivity index (χ1v) is 9.20. The van der Waals surface area contributed by atoms with Crippen LogP contribution in [0.3, 0.4) is 0 Å². The van der Waals surface area contributed by atoms with E-state index in [0.717, 1.165) is 50.5 Å². The highest BCUT2D eigenvalue weighted by molar-refractivity contribution is 5.76. The van der Waals surface area contributed by atoms with Crippen molar-refractivity contribution < 1.29 is 14.6 Å². The molecule has 1 aromatic carbocycles. The molecule has 0 bridgehead atoms. The number of esters is 1. The highest BCUT2D eigenvalue weighted by Gasteiger charge is 2.47. The minimum absolute atomic E-state index is 0.0997. The van der Waals surface area contributed by atoms with Crippen molar-refractivity contribution >= 4 is 11.5 Å². The van der Waals surface area contributed by atoms with E-state index >= 15 is 0 Å². The standard InChI is InChI=1S/C21H26O3/c1-13(22)24-15-10-11-21(2)14(12-15)6-7-17-16-4-3-5-20(23)18(16)8-9-19(17)21/h3-5,14-15,23H,6-12H2,1-2H3. The van der Waals surface area contributed by atoms with Gasteiger partial charge in [0.15, 0.2) is 0 Å². The number of carbonyl (C=O) groups is 1. The molecule has 24 heavy (non-hydrogen) atoms. The highest BCUT2D eigenvalue weighted by Crippen LogP contribution is 2.58. The number of ether oxygens (including phenoxy) is 1. The van der Waals surface area contributed by atoms with Crippen LogP contribution in [0.15, 0.2) is 23.8 Å². The van der Waals surface area contributed by atoms with Crippen molar-refractivity contribution in [3.05, 3.63) is 34.9 Å². The summed E-state index contributed by atoms with van der Waals surface area (Å²) in [6.45, 7) is 3.93. The second kappa shape index (κ2) is 5.65. The fraction of sp³-hybridized carbons (Fsp3) is 0.571. The van der Waals surface area contributed by atoms with Crippen LogP contribution in [-0.2, 0) is 16.0 Å². The molecule has 1 fully saturated rings. The normalized spacial score (nSPS) is 31.8. The summed E-state index contributed by atoms with van der Waals surface area (Å²) in [6.07, 6.45) is 7.41. The van der Waals surface area contributed by atoms with E-state index < -0.39 is 0 Å². The summed E-state index contributed by atoms with van der Waals surface area (Å²) in [7, 11) is 0. The molecule has 1 N–H and O–H groups in total.